The molecule has 0 radical (unpaired) electrons. The molecule has 34 heavy (non-hydrogen) atoms. The molecule has 3 aliphatic rings. The van der Waals surface area contributed by atoms with Crippen LogP contribution in [0, 0.1) is 0 Å². The first-order chi connectivity index (χ1) is 16.4. The summed E-state index contributed by atoms with van der Waals surface area (Å²) in [5.74, 6) is -1.78. The standard InChI is InChI=1S/C23H23N5O6/c1-2-16-19(24-12-34-16)23(33)27-10-8-26(9-11-27)14-5-3-4-13-18(14)22(32)28(21(13)31)15-6-7-17(29)25-20(15)30/h3-5,12,15H,2,6-11H2,1H3,(H,25,29,30). The Balaban J connectivity index is 1.35. The third-order valence-electron chi connectivity index (χ3n) is 6.52. The zero-order valence-corrected chi connectivity index (χ0v) is 18.6. The van der Waals surface area contributed by atoms with E-state index >= 15 is 0 Å². The van der Waals surface area contributed by atoms with Crippen LogP contribution >= 0.6 is 0 Å². The van der Waals surface area contributed by atoms with Crippen molar-refractivity contribution in [3.05, 3.63) is 47.2 Å². The van der Waals surface area contributed by atoms with Crippen LogP contribution in [0.2, 0.25) is 0 Å². The number of benzene rings is 1. The number of nitrogens with one attached hydrogen (secondary N) is 1. The van der Waals surface area contributed by atoms with Crippen LogP contribution in [0.4, 0.5) is 5.69 Å². The molecule has 11 nitrogen and oxygen atoms in total. The van der Waals surface area contributed by atoms with Crippen LogP contribution in [0.3, 0.4) is 0 Å². The van der Waals surface area contributed by atoms with Gasteiger partial charge in [-0.1, -0.05) is 13.0 Å². The first-order valence-corrected chi connectivity index (χ1v) is 11.2. The number of piperazine rings is 1. The van der Waals surface area contributed by atoms with E-state index in [1.807, 2.05) is 11.8 Å². The fourth-order valence-corrected chi connectivity index (χ4v) is 4.76. The van der Waals surface area contributed by atoms with E-state index in [-0.39, 0.29) is 29.9 Å². The normalized spacial score (nSPS) is 20.6. The number of fused-ring (bicyclic) bond motifs is 1. The van der Waals surface area contributed by atoms with Gasteiger partial charge in [0.1, 0.15) is 11.8 Å². The van der Waals surface area contributed by atoms with Crippen molar-refractivity contribution < 1.29 is 28.4 Å². The number of anilines is 1. The number of hydrogen-bond donors (Lipinski definition) is 1. The lowest BCUT2D eigenvalue weighted by Gasteiger charge is -2.36. The van der Waals surface area contributed by atoms with Gasteiger partial charge in [-0.2, -0.15) is 0 Å². The number of carbonyl (C=O) groups excluding carboxylic acids is 5. The second kappa shape index (κ2) is 8.40. The van der Waals surface area contributed by atoms with Crippen molar-refractivity contribution in [2.45, 2.75) is 32.2 Å². The molecule has 0 spiro atoms. The van der Waals surface area contributed by atoms with Crippen molar-refractivity contribution in [2.75, 3.05) is 31.1 Å². The third kappa shape index (κ3) is 3.44. The number of carbonyl (C=O) groups is 5. The Morgan fingerprint density at radius 3 is 2.59 bits per heavy atom. The first kappa shape index (κ1) is 21.8. The van der Waals surface area contributed by atoms with Gasteiger partial charge in [-0.05, 0) is 18.6 Å². The number of nitrogens with zero attached hydrogens (tertiary/aromatic N) is 4. The molecular weight excluding hydrogens is 442 g/mol. The molecular formula is C23H23N5O6. The molecule has 1 aromatic carbocycles. The van der Waals surface area contributed by atoms with Gasteiger partial charge in [0.25, 0.3) is 17.7 Å². The van der Waals surface area contributed by atoms with E-state index in [1.54, 1.807) is 23.1 Å². The number of aromatic nitrogens is 1. The molecule has 1 atom stereocenters. The molecule has 1 unspecified atom stereocenters. The maximum atomic E-state index is 13.3. The van der Waals surface area contributed by atoms with Crippen molar-refractivity contribution in [3.63, 3.8) is 0 Å². The summed E-state index contributed by atoms with van der Waals surface area (Å²) in [6.45, 7) is 3.64. The predicted octanol–water partition coefficient (Wildman–Crippen LogP) is 0.601. The quantitative estimate of drug-likeness (QED) is 0.649. The third-order valence-corrected chi connectivity index (χ3v) is 6.52. The monoisotopic (exact) mass is 465 g/mol. The fraction of sp³-hybridized carbons (Fsp3) is 0.391. The number of imide groups is 2. The van der Waals surface area contributed by atoms with Gasteiger partial charge in [-0.25, -0.2) is 4.98 Å². The van der Waals surface area contributed by atoms with Crippen molar-refractivity contribution in [1.29, 1.82) is 0 Å². The summed E-state index contributed by atoms with van der Waals surface area (Å²) in [5, 5.41) is 2.20. The average molecular weight is 465 g/mol. The highest BCUT2D eigenvalue weighted by Crippen LogP contribution is 2.34. The van der Waals surface area contributed by atoms with E-state index in [0.29, 0.717) is 49.7 Å². The number of aryl methyl sites for hydroxylation is 1. The van der Waals surface area contributed by atoms with Crippen LogP contribution in [0.15, 0.2) is 29.0 Å². The Bertz CT molecular complexity index is 1210. The van der Waals surface area contributed by atoms with Crippen LogP contribution in [0.1, 0.15) is 56.7 Å². The molecule has 1 aromatic heterocycles. The highest BCUT2D eigenvalue weighted by atomic mass is 16.3. The van der Waals surface area contributed by atoms with Gasteiger partial charge in [-0.15, -0.1) is 0 Å². The summed E-state index contributed by atoms with van der Waals surface area (Å²) in [5.41, 5.74) is 1.40. The molecule has 1 N–H and O–H groups in total. The molecule has 5 rings (SSSR count). The van der Waals surface area contributed by atoms with Crippen molar-refractivity contribution in [2.24, 2.45) is 0 Å². The van der Waals surface area contributed by atoms with E-state index in [1.165, 1.54) is 6.39 Å². The van der Waals surface area contributed by atoms with E-state index in [0.717, 1.165) is 4.90 Å². The molecule has 11 heteroatoms. The lowest BCUT2D eigenvalue weighted by Crippen LogP contribution is -2.54. The van der Waals surface area contributed by atoms with Crippen molar-refractivity contribution >= 4 is 35.2 Å². The number of oxazole rings is 1. The second-order valence-corrected chi connectivity index (χ2v) is 8.40. The summed E-state index contributed by atoms with van der Waals surface area (Å²) < 4.78 is 5.27. The molecule has 4 heterocycles. The second-order valence-electron chi connectivity index (χ2n) is 8.40. The van der Waals surface area contributed by atoms with Crippen LogP contribution in [-0.2, 0) is 16.0 Å². The lowest BCUT2D eigenvalue weighted by molar-refractivity contribution is -0.136. The van der Waals surface area contributed by atoms with Gasteiger partial charge < -0.3 is 14.2 Å². The number of piperidine rings is 1. The minimum absolute atomic E-state index is 0.0674. The molecule has 0 aliphatic carbocycles. The van der Waals surface area contributed by atoms with Gasteiger partial charge in [0.2, 0.25) is 11.8 Å². The molecule has 2 saturated heterocycles. The summed E-state index contributed by atoms with van der Waals surface area (Å²) >= 11 is 0. The minimum atomic E-state index is -1.01. The number of hydrogen-bond acceptors (Lipinski definition) is 8. The molecule has 5 amide bonds. The average Bonchev–Trinajstić information content (AvgIpc) is 3.42. The largest absolute Gasteiger partial charge is 0.448 e. The highest BCUT2D eigenvalue weighted by molar-refractivity contribution is 6.25. The number of amides is 5. The molecule has 176 valence electrons. The molecule has 2 fully saturated rings. The maximum absolute atomic E-state index is 13.3. The Morgan fingerprint density at radius 1 is 1.12 bits per heavy atom. The molecule has 3 aliphatic heterocycles. The van der Waals surface area contributed by atoms with E-state index in [9.17, 15) is 24.0 Å². The van der Waals surface area contributed by atoms with Gasteiger partial charge in [0.15, 0.2) is 12.1 Å². The Labute approximate surface area is 194 Å². The zero-order valence-electron chi connectivity index (χ0n) is 18.6. The minimum Gasteiger partial charge on any atom is -0.448 e. The van der Waals surface area contributed by atoms with Gasteiger partial charge >= 0.3 is 0 Å². The topological polar surface area (TPSA) is 133 Å². The zero-order chi connectivity index (χ0) is 24.0. The molecule has 0 saturated carbocycles. The van der Waals surface area contributed by atoms with Crippen molar-refractivity contribution in [3.8, 4) is 0 Å². The van der Waals surface area contributed by atoms with Gasteiger partial charge in [-0.3, -0.25) is 34.2 Å². The van der Waals surface area contributed by atoms with Crippen LogP contribution < -0.4 is 10.2 Å². The Morgan fingerprint density at radius 2 is 1.88 bits per heavy atom. The highest BCUT2D eigenvalue weighted by Gasteiger charge is 2.46. The fourth-order valence-electron chi connectivity index (χ4n) is 4.76. The van der Waals surface area contributed by atoms with Gasteiger partial charge in [0.05, 0.1) is 16.8 Å². The lowest BCUT2D eigenvalue weighted by atomic mass is 10.0. The molecule has 0 bridgehead atoms. The summed E-state index contributed by atoms with van der Waals surface area (Å²) in [6.07, 6.45) is 2.01. The van der Waals surface area contributed by atoms with Crippen LogP contribution in [0.5, 0.6) is 0 Å². The summed E-state index contributed by atoms with van der Waals surface area (Å²) in [7, 11) is 0. The number of rotatable bonds is 4. The Kier molecular flexibility index (Phi) is 5.39. The van der Waals surface area contributed by atoms with E-state index in [4.69, 9.17) is 4.42 Å². The SMILES string of the molecule is CCc1ocnc1C(=O)N1CCN(c2cccc3c2C(=O)N(C2CCC(=O)NC2=O)C3=O)CC1. The van der Waals surface area contributed by atoms with Gasteiger partial charge in [0, 0.05) is 39.0 Å². The maximum Gasteiger partial charge on any atom is 0.276 e. The smallest absolute Gasteiger partial charge is 0.276 e. The van der Waals surface area contributed by atoms with E-state index < -0.39 is 29.7 Å². The van der Waals surface area contributed by atoms with E-state index in [2.05, 4.69) is 10.3 Å². The Hall–Kier alpha value is -4.02. The molecule has 2 aromatic rings. The summed E-state index contributed by atoms with van der Waals surface area (Å²) in [4.78, 5) is 71.7. The van der Waals surface area contributed by atoms with Crippen LogP contribution in [0.25, 0.3) is 0 Å². The summed E-state index contributed by atoms with van der Waals surface area (Å²) in [6, 6.07) is 4.03. The first-order valence-electron chi connectivity index (χ1n) is 11.2. The predicted molar refractivity (Wildman–Crippen MR) is 117 cm³/mol. The van der Waals surface area contributed by atoms with Crippen LogP contribution in [-0.4, -0.2) is 76.5 Å². The van der Waals surface area contributed by atoms with Crippen molar-refractivity contribution in [1.82, 2.24) is 20.1 Å².